The fourth-order valence-electron chi connectivity index (χ4n) is 3.52. The largest absolute Gasteiger partial charge is 0.103 e. The molecule has 2 bridgehead atoms. The number of hydrogen-bond donors (Lipinski definition) is 0. The monoisotopic (exact) mass is 172 g/mol. The third-order valence-corrected chi connectivity index (χ3v) is 4.11. The molecule has 3 aliphatic rings. The molecule has 0 aromatic rings. The predicted octanol–water partition coefficient (Wildman–Crippen LogP) is 3.48. The summed E-state index contributed by atoms with van der Waals surface area (Å²) in [6.07, 6.45) is 12.2. The van der Waals surface area contributed by atoms with Gasteiger partial charge in [0.15, 0.2) is 0 Å². The molecule has 0 radical (unpaired) electrons. The predicted molar refractivity (Wildman–Crippen MR) is 55.3 cm³/mol. The summed E-state index contributed by atoms with van der Waals surface area (Å²) in [5.74, 6) is 2.60. The van der Waals surface area contributed by atoms with Gasteiger partial charge in [-0.1, -0.05) is 29.4 Å². The second-order valence-electron chi connectivity index (χ2n) is 4.60. The Morgan fingerprint density at radius 2 is 1.92 bits per heavy atom. The van der Waals surface area contributed by atoms with Gasteiger partial charge in [-0.25, -0.2) is 0 Å². The van der Waals surface area contributed by atoms with Crippen molar-refractivity contribution in [1.29, 1.82) is 0 Å². The normalized spacial score (nSPS) is 41.1. The minimum atomic E-state index is 0.801. The van der Waals surface area contributed by atoms with Gasteiger partial charge in [-0.15, -0.1) is 6.58 Å². The van der Waals surface area contributed by atoms with E-state index in [9.17, 15) is 0 Å². The molecule has 3 rings (SSSR count). The highest BCUT2D eigenvalue weighted by Gasteiger charge is 2.43. The molecule has 0 nitrogen and oxygen atoms in total. The SMILES string of the molecule is C=CC1CC2CC1C1=C2CC=CC1. The maximum Gasteiger partial charge on any atom is -0.0128 e. The van der Waals surface area contributed by atoms with Gasteiger partial charge in [0, 0.05) is 0 Å². The third-order valence-electron chi connectivity index (χ3n) is 4.11. The molecule has 0 N–H and O–H groups in total. The highest BCUT2D eigenvalue weighted by molar-refractivity contribution is 5.37. The summed E-state index contributed by atoms with van der Waals surface area (Å²) >= 11 is 0. The molecule has 0 heterocycles. The first-order valence-corrected chi connectivity index (χ1v) is 5.39. The van der Waals surface area contributed by atoms with Gasteiger partial charge < -0.3 is 0 Å². The van der Waals surface area contributed by atoms with Crippen molar-refractivity contribution in [3.8, 4) is 0 Å². The van der Waals surface area contributed by atoms with Crippen molar-refractivity contribution in [3.63, 3.8) is 0 Å². The van der Waals surface area contributed by atoms with Crippen molar-refractivity contribution in [2.45, 2.75) is 25.7 Å². The van der Waals surface area contributed by atoms with Crippen molar-refractivity contribution in [2.75, 3.05) is 0 Å². The van der Waals surface area contributed by atoms with Crippen molar-refractivity contribution in [1.82, 2.24) is 0 Å². The second kappa shape index (κ2) is 2.60. The smallest absolute Gasteiger partial charge is 0.0128 e. The lowest BCUT2D eigenvalue weighted by Gasteiger charge is -2.26. The van der Waals surface area contributed by atoms with E-state index in [2.05, 4.69) is 24.8 Å². The molecular weight excluding hydrogens is 156 g/mol. The molecule has 1 fully saturated rings. The molecule has 1 saturated carbocycles. The lowest BCUT2D eigenvalue weighted by Crippen LogP contribution is -2.13. The van der Waals surface area contributed by atoms with Gasteiger partial charge >= 0.3 is 0 Å². The van der Waals surface area contributed by atoms with Crippen LogP contribution in [0.2, 0.25) is 0 Å². The first-order valence-electron chi connectivity index (χ1n) is 5.39. The van der Waals surface area contributed by atoms with E-state index in [0.717, 1.165) is 17.8 Å². The molecule has 13 heavy (non-hydrogen) atoms. The summed E-state index contributed by atoms with van der Waals surface area (Å²) < 4.78 is 0. The standard InChI is InChI=1S/C13H16/c1-2-9-7-10-8-13(9)12-6-4-3-5-11(10)12/h2-4,9-10,13H,1,5-8H2. The molecule has 68 valence electrons. The van der Waals surface area contributed by atoms with Gasteiger partial charge in [-0.2, -0.15) is 0 Å². The molecule has 0 aromatic carbocycles. The van der Waals surface area contributed by atoms with Crippen molar-refractivity contribution in [3.05, 3.63) is 36.0 Å². The van der Waals surface area contributed by atoms with Crippen LogP contribution in [0, 0.1) is 17.8 Å². The van der Waals surface area contributed by atoms with Gasteiger partial charge in [0.2, 0.25) is 0 Å². The highest BCUT2D eigenvalue weighted by atomic mass is 14.5. The molecule has 0 aliphatic heterocycles. The second-order valence-corrected chi connectivity index (χ2v) is 4.60. The van der Waals surface area contributed by atoms with Gasteiger partial charge in [-0.3, -0.25) is 0 Å². The van der Waals surface area contributed by atoms with E-state index in [1.54, 1.807) is 11.1 Å². The topological polar surface area (TPSA) is 0 Å². The van der Waals surface area contributed by atoms with Crippen LogP contribution in [0.4, 0.5) is 0 Å². The quantitative estimate of drug-likeness (QED) is 0.531. The van der Waals surface area contributed by atoms with Crippen LogP contribution in [-0.4, -0.2) is 0 Å². The van der Waals surface area contributed by atoms with E-state index >= 15 is 0 Å². The Kier molecular flexibility index (Phi) is 1.52. The fraction of sp³-hybridized carbons (Fsp3) is 0.538. The third kappa shape index (κ3) is 0.919. The Labute approximate surface area is 80.0 Å². The lowest BCUT2D eigenvalue weighted by molar-refractivity contribution is 0.503. The van der Waals surface area contributed by atoms with Crippen LogP contribution in [-0.2, 0) is 0 Å². The number of fused-ring (bicyclic) bond motifs is 4. The Hall–Kier alpha value is -0.780. The summed E-state index contributed by atoms with van der Waals surface area (Å²) in [6.45, 7) is 3.96. The average Bonchev–Trinajstić information content (AvgIpc) is 2.75. The van der Waals surface area contributed by atoms with E-state index in [1.807, 2.05) is 0 Å². The summed E-state index contributed by atoms with van der Waals surface area (Å²) in [6, 6.07) is 0. The van der Waals surface area contributed by atoms with Crippen molar-refractivity contribution < 1.29 is 0 Å². The Bertz CT molecular complexity index is 306. The Balaban J connectivity index is 1.96. The van der Waals surface area contributed by atoms with Crippen LogP contribution in [0.5, 0.6) is 0 Å². The molecule has 0 aromatic heterocycles. The van der Waals surface area contributed by atoms with Crippen LogP contribution < -0.4 is 0 Å². The zero-order valence-electron chi connectivity index (χ0n) is 8.00. The maximum atomic E-state index is 3.96. The lowest BCUT2D eigenvalue weighted by atomic mass is 9.79. The molecular formula is C13H16. The van der Waals surface area contributed by atoms with E-state index in [-0.39, 0.29) is 0 Å². The molecule has 3 aliphatic carbocycles. The average molecular weight is 172 g/mol. The summed E-state index contributed by atoms with van der Waals surface area (Å²) in [5, 5.41) is 0. The van der Waals surface area contributed by atoms with E-state index in [1.165, 1.54) is 25.7 Å². The van der Waals surface area contributed by atoms with Crippen molar-refractivity contribution >= 4 is 0 Å². The highest BCUT2D eigenvalue weighted by Crippen LogP contribution is 2.55. The molecule has 0 saturated heterocycles. The van der Waals surface area contributed by atoms with Gasteiger partial charge in [0.1, 0.15) is 0 Å². The fourth-order valence-corrected chi connectivity index (χ4v) is 3.52. The van der Waals surface area contributed by atoms with Gasteiger partial charge in [-0.05, 0) is 43.4 Å². The number of rotatable bonds is 1. The maximum absolute atomic E-state index is 3.96. The van der Waals surface area contributed by atoms with Crippen LogP contribution in [0.15, 0.2) is 36.0 Å². The van der Waals surface area contributed by atoms with Gasteiger partial charge in [0.05, 0.1) is 0 Å². The van der Waals surface area contributed by atoms with Crippen LogP contribution in [0.3, 0.4) is 0 Å². The zero-order valence-corrected chi connectivity index (χ0v) is 8.00. The Morgan fingerprint density at radius 1 is 1.15 bits per heavy atom. The zero-order chi connectivity index (χ0) is 8.84. The molecule has 3 atom stereocenters. The minimum Gasteiger partial charge on any atom is -0.103 e. The minimum absolute atomic E-state index is 0.801. The van der Waals surface area contributed by atoms with E-state index in [0.29, 0.717) is 0 Å². The number of hydrogen-bond acceptors (Lipinski definition) is 0. The first kappa shape index (κ1) is 7.61. The summed E-state index contributed by atoms with van der Waals surface area (Å²) in [7, 11) is 0. The van der Waals surface area contributed by atoms with Crippen LogP contribution in [0.1, 0.15) is 25.7 Å². The number of allylic oxidation sites excluding steroid dienone is 5. The van der Waals surface area contributed by atoms with Crippen molar-refractivity contribution in [2.24, 2.45) is 17.8 Å². The van der Waals surface area contributed by atoms with E-state index < -0.39 is 0 Å². The molecule has 3 unspecified atom stereocenters. The molecule has 0 spiro atoms. The molecule has 0 heteroatoms. The summed E-state index contributed by atoms with van der Waals surface area (Å²) in [4.78, 5) is 0. The van der Waals surface area contributed by atoms with Crippen LogP contribution in [0.25, 0.3) is 0 Å². The Morgan fingerprint density at radius 3 is 2.69 bits per heavy atom. The van der Waals surface area contributed by atoms with E-state index in [4.69, 9.17) is 0 Å². The molecule has 0 amide bonds. The summed E-state index contributed by atoms with van der Waals surface area (Å²) in [5.41, 5.74) is 3.58. The van der Waals surface area contributed by atoms with Crippen LogP contribution >= 0.6 is 0 Å². The van der Waals surface area contributed by atoms with Gasteiger partial charge in [0.25, 0.3) is 0 Å². The first-order chi connectivity index (χ1) is 6.40.